The topological polar surface area (TPSA) is 72.5 Å². The lowest BCUT2D eigenvalue weighted by Crippen LogP contribution is -2.21. The maximum atomic E-state index is 12.3. The molecular weight excluding hydrogens is 386 g/mol. The van der Waals surface area contributed by atoms with Gasteiger partial charge in [-0.25, -0.2) is 4.79 Å². The van der Waals surface area contributed by atoms with Gasteiger partial charge in [0.05, 0.1) is 0 Å². The molecule has 0 aliphatic heterocycles. The second-order valence-corrected chi connectivity index (χ2v) is 8.54. The summed E-state index contributed by atoms with van der Waals surface area (Å²) in [4.78, 5) is 37.4. The summed E-state index contributed by atoms with van der Waals surface area (Å²) >= 11 is 1.51. The molecule has 1 aromatic heterocycles. The number of amides is 1. The highest BCUT2D eigenvalue weighted by Gasteiger charge is 2.18. The first kappa shape index (κ1) is 21.2. The smallest absolute Gasteiger partial charge is 0.348 e. The van der Waals surface area contributed by atoms with Gasteiger partial charge in [-0.2, -0.15) is 0 Å². The quantitative estimate of drug-likeness (QED) is 0.306. The number of nitrogens with one attached hydrogen (secondary N) is 1. The number of esters is 1. The molecule has 1 aromatic carbocycles. The highest BCUT2D eigenvalue weighted by atomic mass is 32.1. The lowest BCUT2D eigenvalue weighted by Gasteiger charge is -2.06. The van der Waals surface area contributed by atoms with Gasteiger partial charge in [-0.15, -0.1) is 11.3 Å². The predicted octanol–water partition coefficient (Wildman–Crippen LogP) is 4.13. The van der Waals surface area contributed by atoms with Gasteiger partial charge in [0.15, 0.2) is 12.4 Å². The van der Waals surface area contributed by atoms with Gasteiger partial charge in [-0.1, -0.05) is 30.7 Å². The van der Waals surface area contributed by atoms with E-state index in [0.717, 1.165) is 31.2 Å². The lowest BCUT2D eigenvalue weighted by atomic mass is 10.1. The van der Waals surface area contributed by atoms with E-state index in [-0.39, 0.29) is 18.3 Å². The number of hydrogen-bond donors (Lipinski definition) is 1. The monoisotopic (exact) mass is 413 g/mol. The van der Waals surface area contributed by atoms with Crippen LogP contribution < -0.4 is 5.32 Å². The van der Waals surface area contributed by atoms with Crippen molar-refractivity contribution in [3.8, 4) is 0 Å². The van der Waals surface area contributed by atoms with Crippen molar-refractivity contribution in [1.29, 1.82) is 0 Å². The van der Waals surface area contributed by atoms with Crippen LogP contribution in [0.2, 0.25) is 0 Å². The molecule has 1 aliphatic carbocycles. The van der Waals surface area contributed by atoms with E-state index in [1.54, 1.807) is 12.1 Å². The average Bonchev–Trinajstić information content (AvgIpc) is 3.00. The number of Topliss-reactive ketones (excluding diaryl/α,β-unsaturated/α-hetero) is 1. The van der Waals surface area contributed by atoms with Gasteiger partial charge in [0.1, 0.15) is 4.88 Å². The first-order valence-corrected chi connectivity index (χ1v) is 11.0. The summed E-state index contributed by atoms with van der Waals surface area (Å²) in [6.45, 7) is 1.89. The molecule has 1 aliphatic rings. The molecule has 154 valence electrons. The van der Waals surface area contributed by atoms with Crippen LogP contribution in [0.4, 0.5) is 0 Å². The molecule has 0 radical (unpaired) electrons. The Labute approximate surface area is 175 Å². The number of carbonyl (C=O) groups is 3. The minimum absolute atomic E-state index is 0.0290. The number of carbonyl (C=O) groups excluding carboxylic acids is 3. The zero-order chi connectivity index (χ0) is 20.6. The number of ether oxygens (including phenoxy) is 1. The molecule has 0 atom stereocenters. The first-order valence-electron chi connectivity index (χ1n) is 10.2. The normalized spacial score (nSPS) is 13.3. The molecule has 0 unspecified atom stereocenters. The lowest BCUT2D eigenvalue weighted by molar-refractivity contribution is -0.118. The maximum absolute atomic E-state index is 12.3. The Hall–Kier alpha value is -2.47. The number of thiophene rings is 1. The molecule has 0 saturated carbocycles. The predicted molar refractivity (Wildman–Crippen MR) is 114 cm³/mol. The first-order chi connectivity index (χ1) is 14.0. The summed E-state index contributed by atoms with van der Waals surface area (Å²) in [5.41, 5.74) is 2.90. The van der Waals surface area contributed by atoms with Crippen LogP contribution in [0.3, 0.4) is 0 Å². The van der Waals surface area contributed by atoms with Crippen molar-refractivity contribution in [1.82, 2.24) is 5.32 Å². The van der Waals surface area contributed by atoms with Crippen molar-refractivity contribution in [2.24, 2.45) is 0 Å². The van der Waals surface area contributed by atoms with Gasteiger partial charge in [0.2, 0.25) is 5.91 Å². The van der Waals surface area contributed by atoms with E-state index in [4.69, 9.17) is 4.74 Å². The van der Waals surface area contributed by atoms with Crippen LogP contribution in [0, 0.1) is 0 Å². The van der Waals surface area contributed by atoms with Crippen LogP contribution in [0.15, 0.2) is 30.3 Å². The van der Waals surface area contributed by atoms with Crippen molar-refractivity contribution >= 4 is 29.0 Å². The van der Waals surface area contributed by atoms with Gasteiger partial charge in [0, 0.05) is 23.9 Å². The van der Waals surface area contributed by atoms with E-state index >= 15 is 0 Å². The van der Waals surface area contributed by atoms with Crippen LogP contribution in [0.1, 0.15) is 68.6 Å². The summed E-state index contributed by atoms with van der Waals surface area (Å²) in [7, 11) is 0. The number of ketones is 1. The number of fused-ring (bicyclic) bond motifs is 1. The van der Waals surface area contributed by atoms with E-state index in [1.807, 2.05) is 18.2 Å². The van der Waals surface area contributed by atoms with Crippen LogP contribution in [-0.2, 0) is 28.8 Å². The molecule has 5 nitrogen and oxygen atoms in total. The van der Waals surface area contributed by atoms with Gasteiger partial charge in [-0.05, 0) is 55.7 Å². The summed E-state index contributed by atoms with van der Waals surface area (Å²) in [5.74, 6) is -0.647. The Morgan fingerprint density at radius 1 is 1.07 bits per heavy atom. The van der Waals surface area contributed by atoms with Crippen LogP contribution in [-0.4, -0.2) is 30.8 Å². The number of rotatable bonds is 8. The molecule has 1 amide bonds. The Bertz CT molecular complexity index is 846. The van der Waals surface area contributed by atoms with E-state index in [2.05, 4.69) is 5.32 Å². The Balaban J connectivity index is 1.47. The van der Waals surface area contributed by atoms with Gasteiger partial charge in [0.25, 0.3) is 0 Å². The van der Waals surface area contributed by atoms with Crippen molar-refractivity contribution in [2.45, 2.75) is 51.9 Å². The molecule has 0 bridgehead atoms. The molecule has 0 saturated heterocycles. The maximum Gasteiger partial charge on any atom is 0.348 e. The van der Waals surface area contributed by atoms with Gasteiger partial charge in [-0.3, -0.25) is 9.59 Å². The fourth-order valence-electron chi connectivity index (χ4n) is 3.47. The standard InChI is InChI=1S/C23H27NO4S/c1-16(25)24-13-5-6-17-9-11-18(12-10-17)20(26)15-28-23(27)22-14-19-7-3-2-4-8-21(19)29-22/h9-12,14H,2-8,13,15H2,1H3,(H,24,25). The van der Waals surface area contributed by atoms with E-state index < -0.39 is 5.97 Å². The van der Waals surface area contributed by atoms with Gasteiger partial charge >= 0.3 is 5.97 Å². The zero-order valence-corrected chi connectivity index (χ0v) is 17.6. The second-order valence-electron chi connectivity index (χ2n) is 7.40. The highest BCUT2D eigenvalue weighted by molar-refractivity contribution is 7.14. The van der Waals surface area contributed by atoms with Crippen molar-refractivity contribution < 1.29 is 19.1 Å². The molecule has 1 heterocycles. The summed E-state index contributed by atoms with van der Waals surface area (Å²) in [5, 5.41) is 2.76. The zero-order valence-electron chi connectivity index (χ0n) is 16.8. The Morgan fingerprint density at radius 2 is 1.83 bits per heavy atom. The fraction of sp³-hybridized carbons (Fsp3) is 0.435. The fourth-order valence-corrected chi connectivity index (χ4v) is 4.62. The molecule has 0 spiro atoms. The Morgan fingerprint density at radius 3 is 2.59 bits per heavy atom. The number of benzene rings is 1. The average molecular weight is 414 g/mol. The second kappa shape index (κ2) is 10.3. The van der Waals surface area contributed by atoms with Crippen molar-refractivity contribution in [3.05, 3.63) is 56.8 Å². The number of aryl methyl sites for hydroxylation is 3. The molecule has 1 N–H and O–H groups in total. The molecule has 29 heavy (non-hydrogen) atoms. The molecule has 3 rings (SSSR count). The van der Waals surface area contributed by atoms with Crippen LogP contribution in [0.5, 0.6) is 0 Å². The minimum Gasteiger partial charge on any atom is -0.453 e. The van der Waals surface area contributed by atoms with Gasteiger partial charge < -0.3 is 10.1 Å². The minimum atomic E-state index is -0.411. The van der Waals surface area contributed by atoms with Crippen molar-refractivity contribution in [3.63, 3.8) is 0 Å². The third kappa shape index (κ3) is 6.26. The van der Waals surface area contributed by atoms with E-state index in [9.17, 15) is 14.4 Å². The third-order valence-electron chi connectivity index (χ3n) is 5.07. The SMILES string of the molecule is CC(=O)NCCCc1ccc(C(=O)COC(=O)c2cc3c(s2)CCCCC3)cc1. The Kier molecular flexibility index (Phi) is 7.58. The van der Waals surface area contributed by atoms with E-state index in [0.29, 0.717) is 17.0 Å². The summed E-state index contributed by atoms with van der Waals surface area (Å²) in [6.07, 6.45) is 7.30. The van der Waals surface area contributed by atoms with Crippen LogP contribution in [0.25, 0.3) is 0 Å². The summed E-state index contributed by atoms with van der Waals surface area (Å²) < 4.78 is 5.27. The van der Waals surface area contributed by atoms with E-state index in [1.165, 1.54) is 48.0 Å². The number of hydrogen-bond acceptors (Lipinski definition) is 5. The van der Waals surface area contributed by atoms with Crippen LogP contribution >= 0.6 is 11.3 Å². The summed E-state index contributed by atoms with van der Waals surface area (Å²) in [6, 6.07) is 9.26. The molecule has 0 fully saturated rings. The molecule has 2 aromatic rings. The molecular formula is C23H27NO4S. The largest absolute Gasteiger partial charge is 0.453 e. The third-order valence-corrected chi connectivity index (χ3v) is 6.29. The molecule has 6 heteroatoms. The van der Waals surface area contributed by atoms with Crippen molar-refractivity contribution in [2.75, 3.05) is 13.2 Å². The highest BCUT2D eigenvalue weighted by Crippen LogP contribution is 2.29.